The standard InChI is InChI=1S/C28H22ClN3O3/c1-35-21-7-4-6-19(15-21)26(33)25-24(18-9-12-20(29)13-10-18)28(16-30,27(31)34)23-14-11-17-5-2-3-8-22(17)32(23)25/h2-15,23-25H,1H3,(H2,31,34)/t23-,24-,25+,28+/m1/s1. The number of ketones is 1. The minimum Gasteiger partial charge on any atom is -0.497 e. The number of rotatable bonds is 5. The molecule has 35 heavy (non-hydrogen) atoms. The number of Topliss-reactive ketones (excluding diaryl/α,β-unsaturated/α-hetero) is 1. The molecule has 0 unspecified atom stereocenters. The highest BCUT2D eigenvalue weighted by atomic mass is 35.5. The van der Waals surface area contributed by atoms with Gasteiger partial charge in [-0.1, -0.05) is 66.2 Å². The van der Waals surface area contributed by atoms with Gasteiger partial charge in [-0.15, -0.1) is 0 Å². The number of nitrogens with two attached hydrogens (primary N) is 1. The fourth-order valence-corrected chi connectivity index (χ4v) is 5.54. The van der Waals surface area contributed by atoms with Crippen LogP contribution in [0.5, 0.6) is 5.75 Å². The average molecular weight is 484 g/mol. The predicted octanol–water partition coefficient (Wildman–Crippen LogP) is 4.59. The summed E-state index contributed by atoms with van der Waals surface area (Å²) in [6, 6.07) is 22.0. The van der Waals surface area contributed by atoms with Crippen LogP contribution in [-0.2, 0) is 4.79 Å². The maximum absolute atomic E-state index is 14.2. The van der Waals surface area contributed by atoms with Crippen molar-refractivity contribution in [1.82, 2.24) is 0 Å². The third-order valence-corrected chi connectivity index (χ3v) is 7.24. The van der Waals surface area contributed by atoms with Crippen LogP contribution < -0.4 is 15.4 Å². The van der Waals surface area contributed by atoms with Gasteiger partial charge in [-0.05, 0) is 41.5 Å². The molecule has 0 saturated carbocycles. The SMILES string of the molecule is COc1cccc(C(=O)[C@@H]2[C@@H](c3ccc(Cl)cc3)[C@@](C#N)(C(N)=O)[C@H]3C=Cc4ccccc4N23)c1. The highest BCUT2D eigenvalue weighted by molar-refractivity contribution is 6.30. The molecule has 0 spiro atoms. The Morgan fingerprint density at radius 1 is 1.09 bits per heavy atom. The van der Waals surface area contributed by atoms with E-state index in [1.807, 2.05) is 35.2 Å². The first kappa shape index (κ1) is 22.7. The van der Waals surface area contributed by atoms with Crippen molar-refractivity contribution in [2.24, 2.45) is 11.1 Å². The largest absolute Gasteiger partial charge is 0.497 e. The zero-order valence-corrected chi connectivity index (χ0v) is 19.6. The molecule has 2 N–H and O–H groups in total. The van der Waals surface area contributed by atoms with Gasteiger partial charge in [0.05, 0.1) is 19.2 Å². The summed E-state index contributed by atoms with van der Waals surface area (Å²) in [5.41, 5.74) is 7.00. The smallest absolute Gasteiger partial charge is 0.241 e. The number of primary amides is 1. The van der Waals surface area contributed by atoms with Gasteiger partial charge in [-0.2, -0.15) is 5.26 Å². The van der Waals surface area contributed by atoms with Gasteiger partial charge in [0.15, 0.2) is 11.2 Å². The molecule has 5 rings (SSSR count). The normalized spacial score (nSPS) is 24.3. The summed E-state index contributed by atoms with van der Waals surface area (Å²) in [6.07, 6.45) is 3.68. The number of amides is 1. The number of benzene rings is 3. The number of nitrogens with zero attached hydrogens (tertiary/aromatic N) is 2. The number of carbonyl (C=O) groups excluding carboxylic acids is 2. The highest BCUT2D eigenvalue weighted by Gasteiger charge is 2.65. The van der Waals surface area contributed by atoms with E-state index in [1.54, 1.807) is 54.6 Å². The first-order valence-electron chi connectivity index (χ1n) is 11.1. The molecule has 7 heteroatoms. The van der Waals surface area contributed by atoms with E-state index in [0.717, 1.165) is 11.3 Å². The van der Waals surface area contributed by atoms with Crippen molar-refractivity contribution < 1.29 is 14.3 Å². The Morgan fingerprint density at radius 2 is 1.83 bits per heavy atom. The summed E-state index contributed by atoms with van der Waals surface area (Å²) in [5.74, 6) is -1.33. The van der Waals surface area contributed by atoms with Crippen LogP contribution in [0.2, 0.25) is 5.02 Å². The monoisotopic (exact) mass is 483 g/mol. The number of halogens is 1. The number of para-hydroxylation sites is 1. The Bertz CT molecular complexity index is 1400. The van der Waals surface area contributed by atoms with Crippen LogP contribution in [0.3, 0.4) is 0 Å². The van der Waals surface area contributed by atoms with E-state index in [-0.39, 0.29) is 5.78 Å². The van der Waals surface area contributed by atoms with Crippen LogP contribution in [0.15, 0.2) is 78.9 Å². The summed E-state index contributed by atoms with van der Waals surface area (Å²) in [5, 5.41) is 11.1. The molecule has 1 fully saturated rings. The fourth-order valence-electron chi connectivity index (χ4n) is 5.42. The van der Waals surface area contributed by atoms with Gasteiger partial charge in [0, 0.05) is 22.2 Å². The molecule has 6 nitrogen and oxygen atoms in total. The maximum Gasteiger partial charge on any atom is 0.241 e. The number of anilines is 1. The Morgan fingerprint density at radius 3 is 2.51 bits per heavy atom. The molecule has 3 aromatic rings. The van der Waals surface area contributed by atoms with Crippen LogP contribution in [0.4, 0.5) is 5.69 Å². The van der Waals surface area contributed by atoms with Gasteiger partial charge >= 0.3 is 0 Å². The van der Waals surface area contributed by atoms with Crippen LogP contribution >= 0.6 is 11.6 Å². The lowest BCUT2D eigenvalue weighted by atomic mass is 9.67. The molecular weight excluding hydrogens is 462 g/mol. The molecule has 0 aromatic heterocycles. The van der Waals surface area contributed by atoms with Gasteiger partial charge in [0.25, 0.3) is 0 Å². The first-order chi connectivity index (χ1) is 16.9. The number of fused-ring (bicyclic) bond motifs is 3. The number of ether oxygens (including phenoxy) is 1. The maximum atomic E-state index is 14.2. The van der Waals surface area contributed by atoms with Crippen molar-refractivity contribution in [2.75, 3.05) is 12.0 Å². The average Bonchev–Trinajstić information content (AvgIpc) is 3.20. The van der Waals surface area contributed by atoms with Gasteiger partial charge in [0.1, 0.15) is 11.8 Å². The fraction of sp³-hybridized carbons (Fsp3) is 0.179. The second-order valence-corrected chi connectivity index (χ2v) is 9.12. The third kappa shape index (κ3) is 3.39. The summed E-state index contributed by atoms with van der Waals surface area (Å²) in [7, 11) is 1.53. The highest BCUT2D eigenvalue weighted by Crippen LogP contribution is 2.55. The van der Waals surface area contributed by atoms with Crippen LogP contribution in [0, 0.1) is 16.7 Å². The molecule has 0 radical (unpaired) electrons. The Hall–Kier alpha value is -4.08. The van der Waals surface area contributed by atoms with Crippen LogP contribution in [-0.4, -0.2) is 30.9 Å². The van der Waals surface area contributed by atoms with E-state index in [4.69, 9.17) is 22.1 Å². The van der Waals surface area contributed by atoms with E-state index < -0.39 is 29.3 Å². The van der Waals surface area contributed by atoms with Gasteiger partial charge in [-0.3, -0.25) is 9.59 Å². The molecule has 0 bridgehead atoms. The van der Waals surface area contributed by atoms with Gasteiger partial charge < -0.3 is 15.4 Å². The van der Waals surface area contributed by atoms with E-state index in [2.05, 4.69) is 6.07 Å². The molecule has 4 atom stereocenters. The number of hydrogen-bond acceptors (Lipinski definition) is 5. The second kappa shape index (κ2) is 8.61. The summed E-state index contributed by atoms with van der Waals surface area (Å²) >= 11 is 6.14. The van der Waals surface area contributed by atoms with E-state index >= 15 is 0 Å². The lowest BCUT2D eigenvalue weighted by Crippen LogP contribution is -2.49. The quantitative estimate of drug-likeness (QED) is 0.535. The van der Waals surface area contributed by atoms with Crippen LogP contribution in [0.1, 0.15) is 27.4 Å². The zero-order valence-electron chi connectivity index (χ0n) is 18.9. The molecular formula is C28H22ClN3O3. The van der Waals surface area contributed by atoms with E-state index in [9.17, 15) is 14.9 Å². The third-order valence-electron chi connectivity index (χ3n) is 6.99. The molecule has 3 aromatic carbocycles. The van der Waals surface area contributed by atoms with E-state index in [1.165, 1.54) is 7.11 Å². The number of carbonyl (C=O) groups is 2. The van der Waals surface area contributed by atoms with Crippen molar-refractivity contribution in [1.29, 1.82) is 5.26 Å². The minimum atomic E-state index is -1.70. The molecule has 0 aliphatic carbocycles. The molecule has 1 amide bonds. The molecule has 2 heterocycles. The minimum absolute atomic E-state index is 0.239. The second-order valence-electron chi connectivity index (χ2n) is 8.69. The lowest BCUT2D eigenvalue weighted by Gasteiger charge is -2.36. The number of nitriles is 1. The van der Waals surface area contributed by atoms with Crippen molar-refractivity contribution in [2.45, 2.75) is 18.0 Å². The molecule has 2 aliphatic heterocycles. The van der Waals surface area contributed by atoms with Crippen molar-refractivity contribution in [3.63, 3.8) is 0 Å². The molecule has 174 valence electrons. The van der Waals surface area contributed by atoms with Crippen molar-refractivity contribution >= 4 is 35.1 Å². The Labute approximate surface area is 208 Å². The van der Waals surface area contributed by atoms with Crippen molar-refractivity contribution in [3.05, 3.63) is 101 Å². The summed E-state index contributed by atoms with van der Waals surface area (Å²) in [6.45, 7) is 0. The Balaban J connectivity index is 1.80. The summed E-state index contributed by atoms with van der Waals surface area (Å²) in [4.78, 5) is 29.3. The van der Waals surface area contributed by atoms with Crippen LogP contribution in [0.25, 0.3) is 6.08 Å². The molecule has 1 saturated heterocycles. The topological polar surface area (TPSA) is 96.4 Å². The predicted molar refractivity (Wildman–Crippen MR) is 134 cm³/mol. The van der Waals surface area contributed by atoms with Crippen molar-refractivity contribution in [3.8, 4) is 11.8 Å². The Kier molecular flexibility index (Phi) is 5.58. The zero-order chi connectivity index (χ0) is 24.7. The first-order valence-corrected chi connectivity index (χ1v) is 11.5. The molecule has 2 aliphatic rings. The van der Waals surface area contributed by atoms with Gasteiger partial charge in [0.2, 0.25) is 5.91 Å². The van der Waals surface area contributed by atoms with E-state index in [0.29, 0.717) is 21.9 Å². The lowest BCUT2D eigenvalue weighted by molar-refractivity contribution is -0.125. The number of methoxy groups -OCH3 is 1. The van der Waals surface area contributed by atoms with Gasteiger partial charge in [-0.25, -0.2) is 0 Å². The number of hydrogen-bond donors (Lipinski definition) is 1. The summed E-state index contributed by atoms with van der Waals surface area (Å²) < 4.78 is 5.34.